The number of carbonyl (C=O) groups excluding carboxylic acids is 1. The van der Waals surface area contributed by atoms with Crippen LogP contribution >= 0.6 is 0 Å². The predicted octanol–water partition coefficient (Wildman–Crippen LogP) is 6.09. The van der Waals surface area contributed by atoms with Gasteiger partial charge in [0.05, 0.1) is 16.6 Å². The van der Waals surface area contributed by atoms with Crippen molar-refractivity contribution in [3.63, 3.8) is 0 Å². The largest absolute Gasteiger partial charge is 0.417 e. The maximum atomic E-state index is 14.7. The van der Waals surface area contributed by atoms with E-state index in [2.05, 4.69) is 25.2 Å². The summed E-state index contributed by atoms with van der Waals surface area (Å²) < 4.78 is 45.3. The van der Waals surface area contributed by atoms with Gasteiger partial charge in [-0.15, -0.1) is 0 Å². The number of rotatable bonds is 5. The number of carbonyl (C=O) groups is 1. The lowest BCUT2D eigenvalue weighted by Gasteiger charge is -2.29. The van der Waals surface area contributed by atoms with E-state index < -0.39 is 17.3 Å². The number of nitrogens with one attached hydrogen (secondary N) is 1. The van der Waals surface area contributed by atoms with Gasteiger partial charge < -0.3 is 16.0 Å². The molecule has 0 aliphatic carbocycles. The lowest BCUT2D eigenvalue weighted by atomic mass is 9.97. The van der Waals surface area contributed by atoms with Crippen LogP contribution in [0.4, 0.5) is 19.1 Å². The van der Waals surface area contributed by atoms with Gasteiger partial charge in [0.25, 0.3) is 11.5 Å². The molecule has 242 valence electrons. The molecule has 1 fully saturated rings. The average molecular weight is 650 g/mol. The highest BCUT2D eigenvalue weighted by Gasteiger charge is 2.34. The topological polar surface area (TPSA) is 119 Å². The fourth-order valence-electron chi connectivity index (χ4n) is 6.21. The summed E-state index contributed by atoms with van der Waals surface area (Å²) in [5.41, 5.74) is 7.22. The van der Waals surface area contributed by atoms with Crippen molar-refractivity contribution in [2.45, 2.75) is 25.1 Å². The third-order valence-corrected chi connectivity index (χ3v) is 8.80. The number of nitrogens with two attached hydrogens (primary N) is 1. The molecule has 1 aliphatic heterocycles. The smallest absolute Gasteiger partial charge is 0.368 e. The number of halogens is 3. The average Bonchev–Trinajstić information content (AvgIpc) is 3.09. The second-order valence-corrected chi connectivity index (χ2v) is 12.0. The van der Waals surface area contributed by atoms with Gasteiger partial charge in [0.15, 0.2) is 0 Å². The molecule has 12 heteroatoms. The van der Waals surface area contributed by atoms with Crippen LogP contribution in [0.1, 0.15) is 28.8 Å². The van der Waals surface area contributed by atoms with Crippen LogP contribution in [-0.4, -0.2) is 56.5 Å². The number of likely N-dealkylation sites (tertiary alicyclic amines) is 1. The van der Waals surface area contributed by atoms with Crippen molar-refractivity contribution in [3.8, 4) is 27.9 Å². The van der Waals surface area contributed by atoms with Gasteiger partial charge in [0, 0.05) is 58.3 Å². The van der Waals surface area contributed by atoms with Crippen LogP contribution in [0.15, 0.2) is 96.2 Å². The van der Waals surface area contributed by atoms with Crippen molar-refractivity contribution in [2.75, 3.05) is 25.9 Å². The molecule has 0 bridgehead atoms. The fourth-order valence-corrected chi connectivity index (χ4v) is 6.21. The van der Waals surface area contributed by atoms with Crippen molar-refractivity contribution < 1.29 is 18.0 Å². The number of fused-ring (bicyclic) bond motifs is 3. The first-order valence-corrected chi connectivity index (χ1v) is 15.4. The summed E-state index contributed by atoms with van der Waals surface area (Å²) >= 11 is 0. The molecule has 0 radical (unpaired) electrons. The lowest BCUT2D eigenvalue weighted by molar-refractivity contribution is -0.137. The lowest BCUT2D eigenvalue weighted by Crippen LogP contribution is -2.43. The molecule has 1 amide bonds. The Kier molecular flexibility index (Phi) is 7.88. The first-order chi connectivity index (χ1) is 23.0. The number of hydrogen-bond donors (Lipinski definition) is 2. The minimum atomic E-state index is -4.74. The normalized spacial score (nSPS) is 14.4. The zero-order valence-electron chi connectivity index (χ0n) is 25.8. The van der Waals surface area contributed by atoms with E-state index in [-0.39, 0.29) is 29.1 Å². The second kappa shape index (κ2) is 12.2. The van der Waals surface area contributed by atoms with E-state index in [9.17, 15) is 22.8 Å². The van der Waals surface area contributed by atoms with E-state index in [0.29, 0.717) is 38.5 Å². The predicted molar refractivity (Wildman–Crippen MR) is 179 cm³/mol. The maximum absolute atomic E-state index is 14.7. The third kappa shape index (κ3) is 5.97. The van der Waals surface area contributed by atoms with Crippen LogP contribution in [0.5, 0.6) is 0 Å². The van der Waals surface area contributed by atoms with Crippen molar-refractivity contribution in [3.05, 3.63) is 113 Å². The van der Waals surface area contributed by atoms with Crippen molar-refractivity contribution in [1.29, 1.82) is 0 Å². The maximum Gasteiger partial charge on any atom is 0.417 e. The fraction of sp³-hybridized carbons (Fsp3) is 0.194. The summed E-state index contributed by atoms with van der Waals surface area (Å²) in [6, 6.07) is 18.3. The number of nitrogen functional groups attached to an aromatic ring is 1. The minimum Gasteiger partial charge on any atom is -0.368 e. The molecule has 48 heavy (non-hydrogen) atoms. The number of alkyl halides is 3. The van der Waals surface area contributed by atoms with Gasteiger partial charge in [0.1, 0.15) is 0 Å². The number of piperidine rings is 1. The Labute approximate surface area is 272 Å². The summed E-state index contributed by atoms with van der Waals surface area (Å²) in [6.07, 6.45) is 1.66. The van der Waals surface area contributed by atoms with Gasteiger partial charge in [-0.1, -0.05) is 24.3 Å². The summed E-state index contributed by atoms with van der Waals surface area (Å²) in [5, 5.41) is 4.16. The Morgan fingerprint density at radius 1 is 0.854 bits per heavy atom. The van der Waals surface area contributed by atoms with Crippen LogP contribution in [0.3, 0.4) is 0 Å². The van der Waals surface area contributed by atoms with E-state index >= 15 is 0 Å². The standard InChI is InChI=1S/C36H30F3N7O2/c1-45-14-12-26(13-15-45)44-34(48)22-4-2-21(3-5-22)28-9-8-27(17-30(28)36(37,38)39)46-32(47)11-7-24-18-41-31-10-6-23(16-29(31)33(24)46)25-19-42-35(40)43-20-25/h2-11,16-20,26H,12-15H2,1H3,(H,44,48)(H2,40,42,43). The molecule has 9 nitrogen and oxygen atoms in total. The molecule has 6 aromatic rings. The van der Waals surface area contributed by atoms with E-state index in [1.165, 1.54) is 47.0 Å². The number of nitrogens with zero attached hydrogens (tertiary/aromatic N) is 5. The molecule has 7 rings (SSSR count). The minimum absolute atomic E-state index is 0.0459. The first kappa shape index (κ1) is 31.0. The number of anilines is 1. The Hall–Kier alpha value is -5.62. The van der Waals surface area contributed by atoms with Crippen molar-refractivity contribution >= 4 is 33.7 Å². The molecule has 0 atom stereocenters. The SMILES string of the molecule is CN1CCC(NC(=O)c2ccc(-c3ccc(-n4c(=O)ccc5cnc6ccc(-c7cnc(N)nc7)cc6c54)cc3C(F)(F)F)cc2)CC1. The highest BCUT2D eigenvalue weighted by atomic mass is 19.4. The highest BCUT2D eigenvalue weighted by Crippen LogP contribution is 2.39. The number of hydrogen-bond acceptors (Lipinski definition) is 7. The molecular formula is C36H30F3N7O2. The Bertz CT molecular complexity index is 2230. The number of pyridine rings is 2. The van der Waals surface area contributed by atoms with Crippen LogP contribution < -0.4 is 16.6 Å². The van der Waals surface area contributed by atoms with Crippen LogP contribution in [0, 0.1) is 0 Å². The number of amides is 1. The monoisotopic (exact) mass is 649 g/mol. The van der Waals surface area contributed by atoms with Crippen LogP contribution in [0.25, 0.3) is 49.7 Å². The quantitative estimate of drug-likeness (QED) is 0.217. The molecule has 0 saturated carbocycles. The van der Waals surface area contributed by atoms with Crippen molar-refractivity contribution in [2.24, 2.45) is 0 Å². The molecule has 0 unspecified atom stereocenters. The van der Waals surface area contributed by atoms with Crippen LogP contribution in [0.2, 0.25) is 0 Å². The second-order valence-electron chi connectivity index (χ2n) is 12.0. The van der Waals surface area contributed by atoms with Gasteiger partial charge in [-0.3, -0.25) is 19.1 Å². The molecule has 1 aliphatic rings. The molecule has 4 heterocycles. The molecule has 3 aromatic carbocycles. The van der Waals surface area contributed by atoms with E-state index in [1.54, 1.807) is 36.8 Å². The zero-order valence-corrected chi connectivity index (χ0v) is 25.8. The van der Waals surface area contributed by atoms with Gasteiger partial charge in [-0.2, -0.15) is 13.2 Å². The Morgan fingerprint density at radius 2 is 1.56 bits per heavy atom. The van der Waals surface area contributed by atoms with Gasteiger partial charge >= 0.3 is 6.18 Å². The highest BCUT2D eigenvalue weighted by molar-refractivity contribution is 6.05. The van der Waals surface area contributed by atoms with Gasteiger partial charge in [-0.25, -0.2) is 9.97 Å². The molecule has 0 spiro atoms. The molecule has 3 N–H and O–H groups in total. The molecule has 3 aromatic heterocycles. The third-order valence-electron chi connectivity index (χ3n) is 8.80. The van der Waals surface area contributed by atoms with E-state index in [1.807, 2.05) is 13.1 Å². The van der Waals surface area contributed by atoms with Crippen LogP contribution in [-0.2, 0) is 6.18 Å². The van der Waals surface area contributed by atoms with Crippen molar-refractivity contribution in [1.82, 2.24) is 29.7 Å². The van der Waals surface area contributed by atoms with E-state index in [4.69, 9.17) is 5.73 Å². The van der Waals surface area contributed by atoms with Gasteiger partial charge in [-0.05, 0) is 92.1 Å². The Balaban J connectivity index is 1.29. The summed E-state index contributed by atoms with van der Waals surface area (Å²) in [5.74, 6) is -0.138. The summed E-state index contributed by atoms with van der Waals surface area (Å²) in [6.45, 7) is 1.77. The zero-order chi connectivity index (χ0) is 33.6. The number of aromatic nitrogens is 4. The molecular weight excluding hydrogens is 619 g/mol. The Morgan fingerprint density at radius 3 is 2.27 bits per heavy atom. The number of benzene rings is 3. The summed E-state index contributed by atoms with van der Waals surface area (Å²) in [7, 11) is 2.04. The first-order valence-electron chi connectivity index (χ1n) is 15.4. The van der Waals surface area contributed by atoms with E-state index in [0.717, 1.165) is 37.6 Å². The summed E-state index contributed by atoms with van der Waals surface area (Å²) in [4.78, 5) is 41.1. The van der Waals surface area contributed by atoms with Gasteiger partial charge in [0.2, 0.25) is 5.95 Å². The molecule has 1 saturated heterocycles.